The van der Waals surface area contributed by atoms with Gasteiger partial charge in [0.15, 0.2) is 9.62 Å². The van der Waals surface area contributed by atoms with Gasteiger partial charge >= 0.3 is 6.09 Å². The number of anilines is 1. The molecule has 0 saturated heterocycles. The molecule has 0 fully saturated rings. The van der Waals surface area contributed by atoms with Crippen molar-refractivity contribution in [3.8, 4) is 0 Å². The molecule has 0 spiro atoms. The largest absolute Gasteiger partial charge is 0.437 e. The molecule has 0 saturated carbocycles. The lowest BCUT2D eigenvalue weighted by atomic mass is 10.3. The van der Waals surface area contributed by atoms with Crippen LogP contribution < -0.4 is 5.32 Å². The lowest BCUT2D eigenvalue weighted by Gasteiger charge is -2.02. The highest BCUT2D eigenvalue weighted by Crippen LogP contribution is 2.24. The zero-order valence-corrected chi connectivity index (χ0v) is 12.7. The second kappa shape index (κ2) is 6.90. The summed E-state index contributed by atoms with van der Waals surface area (Å²) in [5.41, 5.74) is 0.497. The number of aromatic nitrogens is 1. The maximum atomic E-state index is 11.4. The van der Waals surface area contributed by atoms with Gasteiger partial charge in [-0.15, -0.1) is 0 Å². The highest BCUT2D eigenvalue weighted by atomic mass is 35.5. The molecular weight excluding hydrogens is 345 g/mol. The molecule has 0 aliphatic carbocycles. The summed E-state index contributed by atoms with van der Waals surface area (Å²) in [6.45, 7) is 0. The summed E-state index contributed by atoms with van der Waals surface area (Å²) < 4.78 is 0.278. The summed E-state index contributed by atoms with van der Waals surface area (Å²) >= 11 is 18.3. The average Bonchev–Trinajstić information content (AvgIpc) is 2.68. The quantitative estimate of drug-likeness (QED) is 0.496. The molecule has 1 aromatic heterocycles. The Bertz CT molecular complexity index is 660. The minimum absolute atomic E-state index is 0.197. The van der Waals surface area contributed by atoms with Gasteiger partial charge in [0.05, 0.1) is 11.1 Å². The molecule has 2 aromatic rings. The summed E-state index contributed by atoms with van der Waals surface area (Å²) in [7, 11) is 0. The molecule has 0 aliphatic heterocycles. The van der Waals surface area contributed by atoms with Crippen LogP contribution in [0, 0.1) is 0 Å². The summed E-state index contributed by atoms with van der Waals surface area (Å²) in [4.78, 5) is 20.3. The van der Waals surface area contributed by atoms with E-state index in [-0.39, 0.29) is 9.62 Å². The van der Waals surface area contributed by atoms with E-state index in [1.54, 1.807) is 24.3 Å². The molecule has 0 bridgehead atoms. The van der Waals surface area contributed by atoms with Crippen LogP contribution in [0.4, 0.5) is 10.5 Å². The number of carbonyl (C=O) groups is 1. The fourth-order valence-corrected chi connectivity index (χ4v) is 2.61. The molecule has 1 N–H and O–H groups in total. The van der Waals surface area contributed by atoms with Crippen LogP contribution >= 0.6 is 46.1 Å². The van der Waals surface area contributed by atoms with Gasteiger partial charge in [-0.3, -0.25) is 10.2 Å². The van der Waals surface area contributed by atoms with E-state index >= 15 is 0 Å². The van der Waals surface area contributed by atoms with Gasteiger partial charge < -0.3 is 0 Å². The Kier molecular flexibility index (Phi) is 5.19. The molecule has 104 valence electrons. The Morgan fingerprint density at radius 3 is 2.85 bits per heavy atom. The van der Waals surface area contributed by atoms with Gasteiger partial charge in [-0.25, -0.2) is 9.78 Å². The van der Waals surface area contributed by atoms with Crippen molar-refractivity contribution < 1.29 is 9.63 Å². The normalized spacial score (nSPS) is 10.8. The van der Waals surface area contributed by atoms with Crippen LogP contribution in [0.1, 0.15) is 4.88 Å². The number of hydrogen-bond donors (Lipinski definition) is 1. The van der Waals surface area contributed by atoms with Crippen LogP contribution in [0.15, 0.2) is 29.4 Å². The van der Waals surface area contributed by atoms with Crippen molar-refractivity contribution in [1.29, 1.82) is 0 Å². The number of oxime groups is 1. The predicted octanol–water partition coefficient (Wildman–Crippen LogP) is 4.69. The summed E-state index contributed by atoms with van der Waals surface area (Å²) in [6.07, 6.45) is 0.499. The Hall–Kier alpha value is -1.34. The van der Waals surface area contributed by atoms with Crippen LogP contribution in [0.25, 0.3) is 0 Å². The zero-order chi connectivity index (χ0) is 14.5. The number of amides is 1. The molecule has 1 heterocycles. The van der Waals surface area contributed by atoms with Gasteiger partial charge in [0, 0.05) is 10.7 Å². The van der Waals surface area contributed by atoms with Crippen LogP contribution in [-0.4, -0.2) is 17.3 Å². The summed E-state index contributed by atoms with van der Waals surface area (Å²) in [6, 6.07) is 6.62. The first-order valence-electron chi connectivity index (χ1n) is 5.13. The number of halogens is 3. The molecule has 20 heavy (non-hydrogen) atoms. The lowest BCUT2D eigenvalue weighted by Crippen LogP contribution is -2.10. The monoisotopic (exact) mass is 349 g/mol. The van der Waals surface area contributed by atoms with Gasteiger partial charge in [-0.05, 0) is 18.2 Å². The van der Waals surface area contributed by atoms with Crippen LogP contribution in [0.3, 0.4) is 0 Å². The van der Waals surface area contributed by atoms with Crippen LogP contribution in [0.5, 0.6) is 0 Å². The second-order valence-corrected chi connectivity index (χ2v) is 5.78. The van der Waals surface area contributed by atoms with Crippen molar-refractivity contribution in [2.24, 2.45) is 5.16 Å². The molecule has 5 nitrogen and oxygen atoms in total. The Morgan fingerprint density at radius 2 is 2.20 bits per heavy atom. The number of carbonyl (C=O) groups excluding carboxylic acids is 1. The first-order chi connectivity index (χ1) is 9.54. The minimum atomic E-state index is -0.754. The van der Waals surface area contributed by atoms with E-state index in [1.165, 1.54) is 6.21 Å². The number of rotatable bonds is 3. The number of thiazole rings is 1. The minimum Gasteiger partial charge on any atom is -0.298 e. The number of nitrogens with zero attached hydrogens (tertiary/aromatic N) is 2. The molecule has 1 aromatic carbocycles. The van der Waals surface area contributed by atoms with E-state index in [9.17, 15) is 4.79 Å². The summed E-state index contributed by atoms with van der Waals surface area (Å²) in [5, 5.41) is 6.64. The molecular formula is C11H6Cl3N3O2S. The highest BCUT2D eigenvalue weighted by molar-refractivity contribution is 7.17. The van der Waals surface area contributed by atoms with Gasteiger partial charge in [-0.1, -0.05) is 57.4 Å². The molecule has 0 atom stereocenters. The van der Waals surface area contributed by atoms with Gasteiger partial charge in [0.1, 0.15) is 0 Å². The van der Waals surface area contributed by atoms with E-state index < -0.39 is 6.09 Å². The van der Waals surface area contributed by atoms with E-state index in [0.29, 0.717) is 15.6 Å². The van der Waals surface area contributed by atoms with Crippen LogP contribution in [-0.2, 0) is 4.84 Å². The van der Waals surface area contributed by atoms with Crippen molar-refractivity contribution in [2.45, 2.75) is 0 Å². The Morgan fingerprint density at radius 1 is 1.40 bits per heavy atom. The van der Waals surface area contributed by atoms with Crippen LogP contribution in [0.2, 0.25) is 14.6 Å². The molecule has 0 radical (unpaired) electrons. The van der Waals surface area contributed by atoms with E-state index in [4.69, 9.17) is 34.8 Å². The van der Waals surface area contributed by atoms with E-state index in [1.807, 2.05) is 0 Å². The van der Waals surface area contributed by atoms with Gasteiger partial charge in [0.25, 0.3) is 0 Å². The Labute approximate surface area is 133 Å². The lowest BCUT2D eigenvalue weighted by molar-refractivity contribution is 0.167. The average molecular weight is 351 g/mol. The maximum Gasteiger partial charge on any atom is 0.437 e. The molecule has 0 unspecified atom stereocenters. The SMILES string of the molecule is O=C(Nc1cccc(Cl)c1)O/N=C/c1sc(Cl)nc1Cl. The van der Waals surface area contributed by atoms with Gasteiger partial charge in [-0.2, -0.15) is 0 Å². The fourth-order valence-electron chi connectivity index (χ4n) is 1.20. The third kappa shape index (κ3) is 4.35. The van der Waals surface area contributed by atoms with Crippen molar-refractivity contribution in [3.05, 3.63) is 43.8 Å². The van der Waals surface area contributed by atoms with E-state index in [0.717, 1.165) is 11.3 Å². The second-order valence-electron chi connectivity index (χ2n) is 3.37. The fraction of sp³-hybridized carbons (Fsp3) is 0. The zero-order valence-electron chi connectivity index (χ0n) is 9.64. The first-order valence-corrected chi connectivity index (χ1v) is 7.08. The molecule has 9 heteroatoms. The standard InChI is InChI=1S/C11H6Cl3N3O2S/c12-6-2-1-3-7(4-6)16-11(18)19-15-5-8-9(13)17-10(14)20-8/h1-5H,(H,16,18)/b15-5+. The smallest absolute Gasteiger partial charge is 0.298 e. The number of nitrogens with one attached hydrogen (secondary N) is 1. The van der Waals surface area contributed by atoms with Gasteiger partial charge in [0.2, 0.25) is 0 Å². The molecule has 2 rings (SSSR count). The third-order valence-corrected chi connectivity index (χ3v) is 3.69. The van der Waals surface area contributed by atoms with Crippen molar-refractivity contribution in [3.63, 3.8) is 0 Å². The topological polar surface area (TPSA) is 63.6 Å². The summed E-state index contributed by atoms with van der Waals surface area (Å²) in [5.74, 6) is 0. The molecule has 1 amide bonds. The Balaban J connectivity index is 1.91. The maximum absolute atomic E-state index is 11.4. The molecule has 0 aliphatic rings. The highest BCUT2D eigenvalue weighted by Gasteiger charge is 2.06. The third-order valence-electron chi connectivity index (χ3n) is 1.96. The number of hydrogen-bond acceptors (Lipinski definition) is 5. The van der Waals surface area contributed by atoms with Crippen molar-refractivity contribution in [2.75, 3.05) is 5.32 Å². The number of benzene rings is 1. The first kappa shape index (κ1) is 15.1. The van der Waals surface area contributed by atoms with Crippen molar-refractivity contribution in [1.82, 2.24) is 4.98 Å². The van der Waals surface area contributed by atoms with E-state index in [2.05, 4.69) is 20.3 Å². The predicted molar refractivity (Wildman–Crippen MR) is 81.3 cm³/mol. The van der Waals surface area contributed by atoms with Crippen molar-refractivity contribution >= 4 is 64.1 Å².